The molecule has 0 aliphatic carbocycles. The Bertz CT molecular complexity index is 850. The number of halogens is 1. The van der Waals surface area contributed by atoms with Crippen LogP contribution < -0.4 is 10.6 Å². The molecule has 1 amide bonds. The average Bonchev–Trinajstić information content (AvgIpc) is 2.96. The van der Waals surface area contributed by atoms with E-state index in [9.17, 15) is 4.79 Å². The van der Waals surface area contributed by atoms with Crippen LogP contribution in [0.4, 0.5) is 16.6 Å². The fourth-order valence-electron chi connectivity index (χ4n) is 1.99. The molecular weight excluding hydrogens is 346 g/mol. The molecule has 0 aromatic carbocycles. The summed E-state index contributed by atoms with van der Waals surface area (Å²) < 4.78 is 0. The smallest absolute Gasteiger partial charge is 0.230 e. The molecule has 0 spiro atoms. The molecule has 0 saturated heterocycles. The quantitative estimate of drug-likeness (QED) is 0.677. The van der Waals surface area contributed by atoms with Crippen LogP contribution in [0.25, 0.3) is 0 Å². The Kier molecular flexibility index (Phi) is 5.02. The molecule has 6 nitrogen and oxygen atoms in total. The van der Waals surface area contributed by atoms with E-state index in [0.29, 0.717) is 21.7 Å². The monoisotopic (exact) mass is 359 g/mol. The number of nitrogens with zero attached hydrogens (tertiary/aromatic N) is 3. The van der Waals surface area contributed by atoms with Crippen LogP contribution in [0.15, 0.2) is 41.9 Å². The topological polar surface area (TPSA) is 79.8 Å². The van der Waals surface area contributed by atoms with Crippen LogP contribution in [0, 0.1) is 6.92 Å². The standard InChI is InChI=1S/C16H14ClN5OS/c1-10-3-2-4-14(19-10)22-16-21-12(9-24-16)7-15(23)20-11-5-6-13(17)18-8-11/h2-6,8-9H,7H2,1H3,(H,20,23)(H,19,21,22). The van der Waals surface area contributed by atoms with Crippen LogP contribution in [-0.2, 0) is 11.2 Å². The summed E-state index contributed by atoms with van der Waals surface area (Å²) in [6, 6.07) is 9.04. The van der Waals surface area contributed by atoms with Gasteiger partial charge >= 0.3 is 0 Å². The summed E-state index contributed by atoms with van der Waals surface area (Å²) >= 11 is 7.14. The zero-order valence-electron chi connectivity index (χ0n) is 12.8. The van der Waals surface area contributed by atoms with Gasteiger partial charge in [-0.3, -0.25) is 4.79 Å². The van der Waals surface area contributed by atoms with Crippen LogP contribution in [0.1, 0.15) is 11.4 Å². The highest BCUT2D eigenvalue weighted by Gasteiger charge is 2.09. The second-order valence-corrected chi connectivity index (χ2v) is 6.27. The third-order valence-corrected chi connectivity index (χ3v) is 4.06. The van der Waals surface area contributed by atoms with Crippen molar-refractivity contribution in [3.05, 3.63) is 58.4 Å². The summed E-state index contributed by atoms with van der Waals surface area (Å²) in [7, 11) is 0. The van der Waals surface area contributed by atoms with Gasteiger partial charge in [-0.1, -0.05) is 17.7 Å². The molecule has 122 valence electrons. The van der Waals surface area contributed by atoms with Crippen molar-refractivity contribution in [3.8, 4) is 0 Å². The number of hydrogen-bond acceptors (Lipinski definition) is 6. The number of anilines is 3. The first-order valence-electron chi connectivity index (χ1n) is 7.15. The molecule has 2 N–H and O–H groups in total. The molecule has 8 heteroatoms. The lowest BCUT2D eigenvalue weighted by Crippen LogP contribution is -2.14. The lowest BCUT2D eigenvalue weighted by atomic mass is 10.3. The van der Waals surface area contributed by atoms with Crippen LogP contribution in [0.3, 0.4) is 0 Å². The van der Waals surface area contributed by atoms with E-state index in [1.807, 2.05) is 30.5 Å². The first-order chi connectivity index (χ1) is 11.6. The van der Waals surface area contributed by atoms with E-state index in [1.54, 1.807) is 12.1 Å². The number of hydrogen-bond donors (Lipinski definition) is 2. The molecule has 0 saturated carbocycles. The maximum atomic E-state index is 12.0. The van der Waals surface area contributed by atoms with Gasteiger partial charge < -0.3 is 10.6 Å². The molecule has 0 fully saturated rings. The average molecular weight is 360 g/mol. The van der Waals surface area contributed by atoms with E-state index in [2.05, 4.69) is 25.6 Å². The maximum Gasteiger partial charge on any atom is 0.230 e. The second-order valence-electron chi connectivity index (χ2n) is 5.03. The van der Waals surface area contributed by atoms with Crippen molar-refractivity contribution in [2.75, 3.05) is 10.6 Å². The molecule has 3 heterocycles. The predicted molar refractivity (Wildman–Crippen MR) is 96.0 cm³/mol. The van der Waals surface area contributed by atoms with E-state index in [-0.39, 0.29) is 12.3 Å². The Hall–Kier alpha value is -2.51. The van der Waals surface area contributed by atoms with Crippen molar-refractivity contribution in [1.29, 1.82) is 0 Å². The van der Waals surface area contributed by atoms with E-state index in [1.165, 1.54) is 17.5 Å². The van der Waals surface area contributed by atoms with E-state index < -0.39 is 0 Å². The highest BCUT2D eigenvalue weighted by molar-refractivity contribution is 7.13. The zero-order chi connectivity index (χ0) is 16.9. The molecule has 0 radical (unpaired) electrons. The highest BCUT2D eigenvalue weighted by Crippen LogP contribution is 2.20. The molecule has 3 rings (SSSR count). The van der Waals surface area contributed by atoms with Gasteiger partial charge in [0.1, 0.15) is 11.0 Å². The molecule has 0 unspecified atom stereocenters. The molecule has 0 aliphatic rings. The van der Waals surface area contributed by atoms with Gasteiger partial charge in [0.15, 0.2) is 5.13 Å². The van der Waals surface area contributed by atoms with Crippen molar-refractivity contribution in [2.24, 2.45) is 0 Å². The van der Waals surface area contributed by atoms with E-state index in [4.69, 9.17) is 11.6 Å². The fraction of sp³-hybridized carbons (Fsp3) is 0.125. The van der Waals surface area contributed by atoms with Gasteiger partial charge in [-0.05, 0) is 31.2 Å². The molecule has 0 bridgehead atoms. The Morgan fingerprint density at radius 3 is 2.88 bits per heavy atom. The third kappa shape index (κ3) is 4.50. The lowest BCUT2D eigenvalue weighted by molar-refractivity contribution is -0.115. The van der Waals surface area contributed by atoms with E-state index >= 15 is 0 Å². The van der Waals surface area contributed by atoms with Crippen molar-refractivity contribution in [1.82, 2.24) is 15.0 Å². The van der Waals surface area contributed by atoms with Crippen LogP contribution in [0.2, 0.25) is 5.15 Å². The zero-order valence-corrected chi connectivity index (χ0v) is 14.4. The number of carbonyl (C=O) groups excluding carboxylic acids is 1. The second kappa shape index (κ2) is 7.37. The minimum absolute atomic E-state index is 0.162. The summed E-state index contributed by atoms with van der Waals surface area (Å²) in [5.41, 5.74) is 2.21. The van der Waals surface area contributed by atoms with Gasteiger partial charge in [-0.15, -0.1) is 11.3 Å². The summed E-state index contributed by atoms with van der Waals surface area (Å²) in [5.74, 6) is 0.567. The predicted octanol–water partition coefficient (Wildman–Crippen LogP) is 3.82. The number of amides is 1. The Labute approximate surface area is 148 Å². The molecular formula is C16H14ClN5OS. The minimum atomic E-state index is -0.162. The fourth-order valence-corrected chi connectivity index (χ4v) is 2.82. The lowest BCUT2D eigenvalue weighted by Gasteiger charge is -2.03. The van der Waals surface area contributed by atoms with Crippen LogP contribution in [0.5, 0.6) is 0 Å². The summed E-state index contributed by atoms with van der Waals surface area (Å²) in [5, 5.41) is 8.82. The van der Waals surface area contributed by atoms with Crippen molar-refractivity contribution >= 4 is 45.5 Å². The number of aryl methyl sites for hydroxylation is 1. The highest BCUT2D eigenvalue weighted by atomic mass is 35.5. The third-order valence-electron chi connectivity index (χ3n) is 3.03. The number of thiazole rings is 1. The van der Waals surface area contributed by atoms with Gasteiger partial charge in [0.25, 0.3) is 0 Å². The van der Waals surface area contributed by atoms with Gasteiger partial charge in [0, 0.05) is 11.1 Å². The number of carbonyl (C=O) groups is 1. The largest absolute Gasteiger partial charge is 0.324 e. The van der Waals surface area contributed by atoms with Gasteiger partial charge in [-0.2, -0.15) is 0 Å². The molecule has 24 heavy (non-hydrogen) atoms. The minimum Gasteiger partial charge on any atom is -0.324 e. The van der Waals surface area contributed by atoms with Crippen LogP contribution >= 0.6 is 22.9 Å². The molecule has 0 aliphatic heterocycles. The number of aromatic nitrogens is 3. The van der Waals surface area contributed by atoms with Crippen molar-refractivity contribution in [2.45, 2.75) is 13.3 Å². The maximum absolute atomic E-state index is 12.0. The molecule has 0 atom stereocenters. The van der Waals surface area contributed by atoms with Gasteiger partial charge in [-0.25, -0.2) is 15.0 Å². The molecule has 3 aromatic rings. The van der Waals surface area contributed by atoms with Gasteiger partial charge in [0.05, 0.1) is 24.0 Å². The summed E-state index contributed by atoms with van der Waals surface area (Å²) in [4.78, 5) is 24.7. The van der Waals surface area contributed by atoms with Crippen molar-refractivity contribution < 1.29 is 4.79 Å². The first kappa shape index (κ1) is 16.4. The first-order valence-corrected chi connectivity index (χ1v) is 8.41. The number of pyridine rings is 2. The SMILES string of the molecule is Cc1cccc(Nc2nc(CC(=O)Nc3ccc(Cl)nc3)cs2)n1. The van der Waals surface area contributed by atoms with Gasteiger partial charge in [0.2, 0.25) is 5.91 Å². The normalized spacial score (nSPS) is 10.4. The Balaban J connectivity index is 1.59. The molecule has 3 aromatic heterocycles. The van der Waals surface area contributed by atoms with E-state index in [0.717, 1.165) is 11.5 Å². The summed E-state index contributed by atoms with van der Waals surface area (Å²) in [6.07, 6.45) is 1.69. The summed E-state index contributed by atoms with van der Waals surface area (Å²) in [6.45, 7) is 1.93. The number of rotatable bonds is 5. The Morgan fingerprint density at radius 1 is 1.25 bits per heavy atom. The van der Waals surface area contributed by atoms with Crippen LogP contribution in [-0.4, -0.2) is 20.9 Å². The number of nitrogens with one attached hydrogen (secondary N) is 2. The van der Waals surface area contributed by atoms with Crippen molar-refractivity contribution in [3.63, 3.8) is 0 Å². The Morgan fingerprint density at radius 2 is 2.12 bits per heavy atom.